The van der Waals surface area contributed by atoms with Gasteiger partial charge in [-0.2, -0.15) is 0 Å². The Bertz CT molecular complexity index is 1440. The molecule has 12 nitrogen and oxygen atoms in total. The lowest BCUT2D eigenvalue weighted by Gasteiger charge is -2.20. The summed E-state index contributed by atoms with van der Waals surface area (Å²) >= 11 is 0. The molecule has 1 aromatic carbocycles. The third kappa shape index (κ3) is 35.9. The Morgan fingerprint density at radius 3 is 0.680 bits per heavy atom. The van der Waals surface area contributed by atoms with Gasteiger partial charge in [-0.3, -0.25) is 14.4 Å². The van der Waals surface area contributed by atoms with E-state index < -0.39 is 53.8 Å². The normalized spacial score (nSPS) is 12.4. The van der Waals surface area contributed by atoms with Gasteiger partial charge in [0.05, 0.1) is 19.8 Å². The highest BCUT2D eigenvalue weighted by atomic mass is 16.5. The zero-order chi connectivity index (χ0) is 55.0. The third-order valence-electron chi connectivity index (χ3n) is 14.3. The number of rotatable bonds is 51. The lowest BCUT2D eigenvalue weighted by molar-refractivity contribution is -0.147. The van der Waals surface area contributed by atoms with Crippen LogP contribution in [0.4, 0.5) is 0 Å². The molecule has 0 aliphatic carbocycles. The van der Waals surface area contributed by atoms with Gasteiger partial charge in [-0.05, 0) is 56.7 Å². The molecule has 0 saturated heterocycles. The predicted octanol–water partition coefficient (Wildman–Crippen LogP) is 15.9. The number of nitrogens with one attached hydrogen (secondary N) is 3. The molecule has 0 saturated carbocycles. The molecule has 0 unspecified atom stereocenters. The van der Waals surface area contributed by atoms with Gasteiger partial charge in [0.1, 0.15) is 18.1 Å². The molecule has 0 spiro atoms. The summed E-state index contributed by atoms with van der Waals surface area (Å²) in [5.41, 5.74) is -0.0859. The van der Waals surface area contributed by atoms with Gasteiger partial charge < -0.3 is 30.2 Å². The van der Waals surface area contributed by atoms with E-state index in [1.54, 1.807) is 0 Å². The van der Waals surface area contributed by atoms with Crippen molar-refractivity contribution in [3.8, 4) is 0 Å². The Balaban J connectivity index is 3.25. The topological polar surface area (TPSA) is 166 Å². The van der Waals surface area contributed by atoms with Gasteiger partial charge >= 0.3 is 17.9 Å². The first-order chi connectivity index (χ1) is 36.6. The molecule has 1 aromatic rings. The van der Waals surface area contributed by atoms with Crippen LogP contribution in [-0.2, 0) is 28.6 Å². The second-order valence-corrected chi connectivity index (χ2v) is 21.4. The number of carbonyl (C=O) groups excluding carboxylic acids is 6. The number of amides is 3. The minimum Gasteiger partial charge on any atom is -0.464 e. The van der Waals surface area contributed by atoms with Crippen molar-refractivity contribution in [1.29, 1.82) is 0 Å². The van der Waals surface area contributed by atoms with E-state index in [9.17, 15) is 28.8 Å². The first-order valence-corrected chi connectivity index (χ1v) is 31.1. The lowest BCUT2D eigenvalue weighted by Crippen LogP contribution is -2.44. The Hall–Kier alpha value is -3.96. The number of hydrogen-bond acceptors (Lipinski definition) is 9. The minimum absolute atomic E-state index is 0.0286. The predicted molar refractivity (Wildman–Crippen MR) is 307 cm³/mol. The largest absolute Gasteiger partial charge is 0.464 e. The fourth-order valence-electron chi connectivity index (χ4n) is 9.31. The molecule has 1 rings (SSSR count). The maximum absolute atomic E-state index is 14.2. The molecular weight excluding hydrogens is 943 g/mol. The summed E-state index contributed by atoms with van der Waals surface area (Å²) in [6.45, 7) is 13.5. The summed E-state index contributed by atoms with van der Waals surface area (Å²) in [6, 6.07) is 1.28. The van der Waals surface area contributed by atoms with Crippen molar-refractivity contribution >= 4 is 35.6 Å². The van der Waals surface area contributed by atoms with Crippen LogP contribution in [0.25, 0.3) is 0 Å². The molecule has 0 aliphatic rings. The van der Waals surface area contributed by atoms with E-state index in [-0.39, 0.29) is 36.5 Å². The SMILES string of the molecule is CCCCCCCCCCCCOC(=O)[C@H](CCCC)NC(=O)c1cc(C(=O)N[C@@H](CCCC)C(=O)OCCCCCCCCCCCC)cc(C(=O)N[C@@H](CCCC)C(=O)OCCCCCCCCCCCC)c1. The molecule has 3 atom stereocenters. The molecule has 0 heterocycles. The number of benzene rings is 1. The fraction of sp³-hybridized carbons (Fsp3) is 0.810. The van der Waals surface area contributed by atoms with Gasteiger partial charge in [0.2, 0.25) is 0 Å². The highest BCUT2D eigenvalue weighted by Gasteiger charge is 2.28. The molecular formula is C63H111N3O9. The maximum atomic E-state index is 14.2. The molecule has 0 aromatic heterocycles. The molecule has 0 radical (unpaired) electrons. The highest BCUT2D eigenvalue weighted by molar-refractivity contribution is 6.06. The summed E-state index contributed by atoms with van der Waals surface area (Å²) in [5.74, 6) is -3.55. The van der Waals surface area contributed by atoms with E-state index in [1.165, 1.54) is 134 Å². The summed E-state index contributed by atoms with van der Waals surface area (Å²) < 4.78 is 17.1. The van der Waals surface area contributed by atoms with E-state index in [0.717, 1.165) is 96.3 Å². The van der Waals surface area contributed by atoms with Crippen LogP contribution in [0.5, 0.6) is 0 Å². The van der Waals surface area contributed by atoms with Crippen molar-refractivity contribution in [2.45, 2.75) is 310 Å². The van der Waals surface area contributed by atoms with E-state index in [2.05, 4.69) is 36.7 Å². The maximum Gasteiger partial charge on any atom is 0.328 e. The van der Waals surface area contributed by atoms with Crippen molar-refractivity contribution in [2.75, 3.05) is 19.8 Å². The Labute approximate surface area is 457 Å². The fourth-order valence-corrected chi connectivity index (χ4v) is 9.31. The van der Waals surface area contributed by atoms with Crippen LogP contribution in [-0.4, -0.2) is 73.6 Å². The zero-order valence-corrected chi connectivity index (χ0v) is 48.8. The van der Waals surface area contributed by atoms with Crippen molar-refractivity contribution < 1.29 is 43.0 Å². The number of hydrogen-bond donors (Lipinski definition) is 3. The standard InChI is InChI=1S/C63H111N3O9/c1-7-13-19-22-25-28-31-34-37-40-46-73-61(70)55(43-16-10-4)64-58(67)52-49-53(59(68)65-56(44-17-11-5)62(71)74-47-41-38-35-32-29-26-23-20-14-8-2)51-54(50-52)60(69)66-57(45-18-12-6)63(72)75-48-42-39-36-33-30-27-24-21-15-9-3/h49-51,55-57H,7-48H2,1-6H3,(H,64,67)(H,65,68)(H,66,69)/t55-,56-,57-/m0/s1. The molecule has 3 amide bonds. The van der Waals surface area contributed by atoms with Crippen molar-refractivity contribution in [2.24, 2.45) is 0 Å². The number of esters is 3. The molecule has 0 fully saturated rings. The van der Waals surface area contributed by atoms with Gasteiger partial charge in [0.25, 0.3) is 17.7 Å². The van der Waals surface area contributed by atoms with Gasteiger partial charge in [0.15, 0.2) is 0 Å². The quantitative estimate of drug-likeness (QED) is 0.0327. The Morgan fingerprint density at radius 1 is 0.293 bits per heavy atom. The van der Waals surface area contributed by atoms with Crippen LogP contribution >= 0.6 is 0 Å². The van der Waals surface area contributed by atoms with E-state index in [0.29, 0.717) is 38.5 Å². The van der Waals surface area contributed by atoms with Crippen LogP contribution in [0.1, 0.15) is 323 Å². The molecule has 0 aliphatic heterocycles. The van der Waals surface area contributed by atoms with Crippen molar-refractivity contribution in [3.63, 3.8) is 0 Å². The first-order valence-electron chi connectivity index (χ1n) is 31.1. The smallest absolute Gasteiger partial charge is 0.328 e. The van der Waals surface area contributed by atoms with E-state index >= 15 is 0 Å². The third-order valence-corrected chi connectivity index (χ3v) is 14.3. The second kappa shape index (κ2) is 48.4. The average Bonchev–Trinajstić information content (AvgIpc) is 3.41. The monoisotopic (exact) mass is 1050 g/mol. The lowest BCUT2D eigenvalue weighted by atomic mass is 10.0. The molecule has 432 valence electrons. The van der Waals surface area contributed by atoms with Crippen molar-refractivity contribution in [1.82, 2.24) is 16.0 Å². The van der Waals surface area contributed by atoms with E-state index in [4.69, 9.17) is 14.2 Å². The Kier molecular flexibility index (Phi) is 44.6. The van der Waals surface area contributed by atoms with Crippen LogP contribution in [0, 0.1) is 0 Å². The number of ether oxygens (including phenoxy) is 3. The van der Waals surface area contributed by atoms with Crippen LogP contribution in [0.3, 0.4) is 0 Å². The Morgan fingerprint density at radius 2 is 0.480 bits per heavy atom. The number of carbonyl (C=O) groups is 6. The molecule has 12 heteroatoms. The van der Waals surface area contributed by atoms with E-state index in [1.807, 2.05) is 20.8 Å². The first kappa shape index (κ1) is 69.1. The summed E-state index contributed by atoms with van der Waals surface area (Å²) in [7, 11) is 0. The zero-order valence-electron chi connectivity index (χ0n) is 48.8. The summed E-state index contributed by atoms with van der Waals surface area (Å²) in [4.78, 5) is 83.1. The van der Waals surface area contributed by atoms with Gasteiger partial charge in [-0.15, -0.1) is 0 Å². The highest BCUT2D eigenvalue weighted by Crippen LogP contribution is 2.18. The van der Waals surface area contributed by atoms with Gasteiger partial charge in [-0.1, -0.05) is 253 Å². The van der Waals surface area contributed by atoms with Crippen molar-refractivity contribution in [3.05, 3.63) is 34.9 Å². The number of unbranched alkanes of at least 4 members (excludes halogenated alkanes) is 30. The van der Waals surface area contributed by atoms with Gasteiger partial charge in [0, 0.05) is 16.7 Å². The van der Waals surface area contributed by atoms with Crippen LogP contribution in [0.15, 0.2) is 18.2 Å². The second-order valence-electron chi connectivity index (χ2n) is 21.4. The van der Waals surface area contributed by atoms with Crippen LogP contribution in [0.2, 0.25) is 0 Å². The molecule has 75 heavy (non-hydrogen) atoms. The molecule has 3 N–H and O–H groups in total. The van der Waals surface area contributed by atoms with Crippen LogP contribution < -0.4 is 16.0 Å². The summed E-state index contributed by atoms with van der Waals surface area (Å²) in [5, 5.41) is 8.54. The molecule has 0 bridgehead atoms. The average molecular weight is 1050 g/mol. The summed E-state index contributed by atoms with van der Waals surface area (Å²) in [6.07, 6.45) is 40.1. The minimum atomic E-state index is -0.942. The van der Waals surface area contributed by atoms with Gasteiger partial charge in [-0.25, -0.2) is 14.4 Å².